The Bertz CT molecular complexity index is 552. The number of benzene rings is 1. The summed E-state index contributed by atoms with van der Waals surface area (Å²) in [6.07, 6.45) is 0.898. The fourth-order valence-corrected chi connectivity index (χ4v) is 1.95. The predicted octanol–water partition coefficient (Wildman–Crippen LogP) is -0.263. The number of rotatable bonds is 8. The van der Waals surface area contributed by atoms with Crippen molar-refractivity contribution in [2.45, 2.75) is 13.3 Å². The molecule has 0 heterocycles. The van der Waals surface area contributed by atoms with E-state index in [1.54, 1.807) is 25.3 Å². The molecule has 1 aromatic carbocycles. The lowest BCUT2D eigenvalue weighted by Gasteiger charge is -2.14. The molecule has 1 rings (SSSR count). The van der Waals surface area contributed by atoms with E-state index in [-0.39, 0.29) is 5.91 Å². The average Bonchev–Trinajstić information content (AvgIpc) is 2.57. The van der Waals surface area contributed by atoms with Crippen molar-refractivity contribution >= 4 is 23.2 Å². The maximum Gasteiger partial charge on any atom is 0.269 e. The second-order valence-electron chi connectivity index (χ2n) is 5.51. The number of amides is 1. The lowest BCUT2D eigenvalue weighted by Crippen LogP contribution is -3.06. The van der Waals surface area contributed by atoms with Gasteiger partial charge in [0.2, 0.25) is 0 Å². The molecule has 24 heavy (non-hydrogen) atoms. The summed E-state index contributed by atoms with van der Waals surface area (Å²) in [5.41, 5.74) is 5.68. The highest BCUT2D eigenvalue weighted by Crippen LogP contribution is 2.28. The molecular formula is C16H27N4O3S+. The van der Waals surface area contributed by atoms with Gasteiger partial charge in [0.25, 0.3) is 5.91 Å². The van der Waals surface area contributed by atoms with Gasteiger partial charge in [-0.2, -0.15) is 0 Å². The van der Waals surface area contributed by atoms with Gasteiger partial charge >= 0.3 is 0 Å². The lowest BCUT2D eigenvalue weighted by molar-refractivity contribution is -0.856. The van der Waals surface area contributed by atoms with Crippen LogP contribution in [0.1, 0.15) is 23.7 Å². The molecule has 0 saturated heterocycles. The molecule has 0 aromatic heterocycles. The van der Waals surface area contributed by atoms with E-state index in [9.17, 15) is 4.79 Å². The largest absolute Gasteiger partial charge is 0.493 e. The van der Waals surface area contributed by atoms with E-state index in [2.05, 4.69) is 30.3 Å². The fourth-order valence-electron chi connectivity index (χ4n) is 1.80. The molecular weight excluding hydrogens is 328 g/mol. The maximum atomic E-state index is 12.2. The Labute approximate surface area is 148 Å². The first-order chi connectivity index (χ1) is 11.5. The number of quaternary nitrogens is 1. The zero-order valence-corrected chi connectivity index (χ0v) is 15.5. The minimum atomic E-state index is -0.308. The van der Waals surface area contributed by atoms with E-state index in [4.69, 9.17) is 21.7 Å². The van der Waals surface area contributed by atoms with Crippen LogP contribution in [0.2, 0.25) is 0 Å². The summed E-state index contributed by atoms with van der Waals surface area (Å²) in [5, 5.41) is 3.39. The van der Waals surface area contributed by atoms with Crippen LogP contribution in [0.5, 0.6) is 11.5 Å². The number of carbonyl (C=O) groups excluding carboxylic acids is 1. The first kappa shape index (κ1) is 20.0. The number of hydrogen-bond donors (Lipinski definition) is 4. The maximum absolute atomic E-state index is 12.2. The normalized spacial score (nSPS) is 10.2. The monoisotopic (exact) mass is 355 g/mol. The summed E-state index contributed by atoms with van der Waals surface area (Å²) in [6, 6.07) is 5.03. The predicted molar refractivity (Wildman–Crippen MR) is 97.7 cm³/mol. The highest BCUT2D eigenvalue weighted by atomic mass is 32.1. The van der Waals surface area contributed by atoms with Crippen molar-refractivity contribution in [1.29, 1.82) is 0 Å². The van der Waals surface area contributed by atoms with Crippen molar-refractivity contribution < 1.29 is 19.2 Å². The minimum absolute atomic E-state index is 0.308. The number of likely N-dealkylation sites (N-methyl/N-ethyl adjacent to an activating group) is 1. The Kier molecular flexibility index (Phi) is 8.88. The van der Waals surface area contributed by atoms with Gasteiger partial charge in [-0.3, -0.25) is 15.6 Å². The molecule has 0 fully saturated rings. The van der Waals surface area contributed by atoms with Crippen LogP contribution >= 0.6 is 12.2 Å². The third-order valence-corrected chi connectivity index (χ3v) is 3.33. The summed E-state index contributed by atoms with van der Waals surface area (Å²) < 4.78 is 10.8. The van der Waals surface area contributed by atoms with Crippen molar-refractivity contribution in [2.24, 2.45) is 0 Å². The zero-order chi connectivity index (χ0) is 17.9. The summed E-state index contributed by atoms with van der Waals surface area (Å²) in [5.74, 6) is 0.829. The second-order valence-corrected chi connectivity index (χ2v) is 5.91. The summed E-state index contributed by atoms with van der Waals surface area (Å²) in [4.78, 5) is 13.5. The number of carbonyl (C=O) groups is 1. The molecule has 1 amide bonds. The topological polar surface area (TPSA) is 76.1 Å². The molecule has 0 unspecified atom stereocenters. The third kappa shape index (κ3) is 7.01. The number of ether oxygens (including phenoxy) is 2. The Morgan fingerprint density at radius 1 is 1.25 bits per heavy atom. The number of thiocarbonyl (C=S) groups is 1. The Morgan fingerprint density at radius 3 is 2.62 bits per heavy atom. The van der Waals surface area contributed by atoms with E-state index in [1.807, 2.05) is 6.92 Å². The Morgan fingerprint density at radius 2 is 2.00 bits per heavy atom. The molecule has 0 spiro atoms. The van der Waals surface area contributed by atoms with Crippen LogP contribution in [0.4, 0.5) is 0 Å². The Balaban J connectivity index is 2.53. The SMILES string of the molecule is CCCOc1ccc(C(=O)NNC(=S)NCC[NH+](C)C)cc1OC. The van der Waals surface area contributed by atoms with Crippen molar-refractivity contribution in [1.82, 2.24) is 16.2 Å². The number of hydrazine groups is 1. The van der Waals surface area contributed by atoms with Crippen LogP contribution in [-0.2, 0) is 0 Å². The van der Waals surface area contributed by atoms with Crippen LogP contribution in [0.25, 0.3) is 0 Å². The summed E-state index contributed by atoms with van der Waals surface area (Å²) in [7, 11) is 5.66. The van der Waals surface area contributed by atoms with Crippen molar-refractivity contribution in [3.63, 3.8) is 0 Å². The van der Waals surface area contributed by atoms with Gasteiger partial charge in [0.05, 0.1) is 40.9 Å². The number of nitrogens with one attached hydrogen (secondary N) is 4. The van der Waals surface area contributed by atoms with Gasteiger partial charge in [0.1, 0.15) is 0 Å². The van der Waals surface area contributed by atoms with E-state index < -0.39 is 0 Å². The smallest absolute Gasteiger partial charge is 0.269 e. The number of hydrogen-bond acceptors (Lipinski definition) is 4. The standard InChI is InChI=1S/C16H26N4O3S/c1-5-10-23-13-7-6-12(11-14(13)22-4)15(21)18-19-16(24)17-8-9-20(2)3/h6-7,11H,5,8-10H2,1-4H3,(H,18,21)(H2,17,19,24)/p+1. The summed E-state index contributed by atoms with van der Waals surface area (Å²) in [6.45, 7) is 4.27. The molecule has 8 heteroatoms. The van der Waals surface area contributed by atoms with Crippen molar-refractivity contribution in [3.8, 4) is 11.5 Å². The molecule has 0 aliphatic carbocycles. The molecule has 4 N–H and O–H groups in total. The highest BCUT2D eigenvalue weighted by Gasteiger charge is 2.11. The van der Waals surface area contributed by atoms with Crippen LogP contribution in [-0.4, -0.2) is 51.9 Å². The molecule has 0 aliphatic rings. The fraction of sp³-hybridized carbons (Fsp3) is 0.500. The molecule has 134 valence electrons. The first-order valence-electron chi connectivity index (χ1n) is 7.92. The highest BCUT2D eigenvalue weighted by molar-refractivity contribution is 7.80. The van der Waals surface area contributed by atoms with Gasteiger partial charge in [0.15, 0.2) is 16.6 Å². The second kappa shape index (κ2) is 10.7. The van der Waals surface area contributed by atoms with E-state index in [0.29, 0.717) is 28.8 Å². The van der Waals surface area contributed by atoms with Crippen LogP contribution in [0.3, 0.4) is 0 Å². The van der Waals surface area contributed by atoms with Gasteiger partial charge in [-0.05, 0) is 36.8 Å². The molecule has 0 aliphatic heterocycles. The van der Waals surface area contributed by atoms with Crippen molar-refractivity contribution in [2.75, 3.05) is 40.9 Å². The molecule has 0 atom stereocenters. The molecule has 0 saturated carbocycles. The first-order valence-corrected chi connectivity index (χ1v) is 8.32. The third-order valence-electron chi connectivity index (χ3n) is 3.09. The molecule has 7 nitrogen and oxygen atoms in total. The van der Waals surface area contributed by atoms with E-state index in [0.717, 1.165) is 19.5 Å². The van der Waals surface area contributed by atoms with Gasteiger partial charge in [-0.25, -0.2) is 0 Å². The van der Waals surface area contributed by atoms with Gasteiger partial charge < -0.3 is 19.7 Å². The lowest BCUT2D eigenvalue weighted by atomic mass is 10.2. The number of methoxy groups -OCH3 is 1. The van der Waals surface area contributed by atoms with Crippen LogP contribution < -0.4 is 30.5 Å². The van der Waals surface area contributed by atoms with Gasteiger partial charge in [-0.1, -0.05) is 6.92 Å². The molecule has 0 radical (unpaired) electrons. The zero-order valence-electron chi connectivity index (χ0n) is 14.7. The van der Waals surface area contributed by atoms with Crippen LogP contribution in [0, 0.1) is 0 Å². The molecule has 0 bridgehead atoms. The molecule has 1 aromatic rings. The van der Waals surface area contributed by atoms with Gasteiger partial charge in [-0.15, -0.1) is 0 Å². The Hall–Kier alpha value is -2.06. The summed E-state index contributed by atoms with van der Waals surface area (Å²) >= 11 is 5.10. The van der Waals surface area contributed by atoms with Crippen LogP contribution in [0.15, 0.2) is 18.2 Å². The minimum Gasteiger partial charge on any atom is -0.493 e. The van der Waals surface area contributed by atoms with Crippen molar-refractivity contribution in [3.05, 3.63) is 23.8 Å². The van der Waals surface area contributed by atoms with E-state index >= 15 is 0 Å². The van der Waals surface area contributed by atoms with Gasteiger partial charge in [0, 0.05) is 5.56 Å². The quantitative estimate of drug-likeness (QED) is 0.380. The van der Waals surface area contributed by atoms with E-state index in [1.165, 1.54) is 4.90 Å². The average molecular weight is 355 g/mol.